The van der Waals surface area contributed by atoms with Gasteiger partial charge >= 0.3 is 0 Å². The molecule has 0 radical (unpaired) electrons. The van der Waals surface area contributed by atoms with Gasteiger partial charge in [-0.25, -0.2) is 0 Å². The van der Waals surface area contributed by atoms with E-state index >= 15 is 0 Å². The molecule has 0 unspecified atom stereocenters. The maximum atomic E-state index is 11.3. The molecular weight excluding hydrogens is 234 g/mol. The highest BCUT2D eigenvalue weighted by atomic mass is 79.9. The van der Waals surface area contributed by atoms with Gasteiger partial charge in [0, 0.05) is 15.7 Å². The van der Waals surface area contributed by atoms with Crippen molar-refractivity contribution in [3.8, 4) is 0 Å². The summed E-state index contributed by atoms with van der Waals surface area (Å²) >= 11 is 3.29. The van der Waals surface area contributed by atoms with Crippen LogP contribution in [0.1, 0.15) is 12.5 Å². The number of fused-ring (bicyclic) bond motifs is 1. The zero-order valence-corrected chi connectivity index (χ0v) is 8.55. The van der Waals surface area contributed by atoms with Gasteiger partial charge in [-0.3, -0.25) is 4.79 Å². The van der Waals surface area contributed by atoms with Crippen molar-refractivity contribution in [2.24, 2.45) is 0 Å². The Morgan fingerprint density at radius 1 is 1.54 bits per heavy atom. The standard InChI is InChI=1S/C9H8BrNO2/c1-9(13)6-3-2-5(10)4-7(6)11-8(9)12/h2-4,13H,1H3,(H,11,12)/t9-/m1/s1. The summed E-state index contributed by atoms with van der Waals surface area (Å²) in [5.41, 5.74) is -0.0965. The van der Waals surface area contributed by atoms with E-state index in [2.05, 4.69) is 21.2 Å². The molecule has 1 aliphatic rings. The molecule has 0 saturated carbocycles. The average molecular weight is 242 g/mol. The lowest BCUT2D eigenvalue weighted by Gasteiger charge is -2.13. The Morgan fingerprint density at radius 3 is 2.92 bits per heavy atom. The van der Waals surface area contributed by atoms with E-state index in [1.54, 1.807) is 18.2 Å². The number of carbonyl (C=O) groups excluding carboxylic acids is 1. The fraction of sp³-hybridized carbons (Fsp3) is 0.222. The van der Waals surface area contributed by atoms with E-state index in [9.17, 15) is 9.90 Å². The van der Waals surface area contributed by atoms with Gasteiger partial charge in [0.2, 0.25) is 0 Å². The summed E-state index contributed by atoms with van der Waals surface area (Å²) in [4.78, 5) is 11.3. The van der Waals surface area contributed by atoms with Crippen LogP contribution >= 0.6 is 15.9 Å². The Morgan fingerprint density at radius 2 is 2.23 bits per heavy atom. The van der Waals surface area contributed by atoms with Crippen LogP contribution in [0.25, 0.3) is 0 Å². The van der Waals surface area contributed by atoms with Crippen LogP contribution in [0.15, 0.2) is 22.7 Å². The quantitative estimate of drug-likeness (QED) is 0.726. The molecule has 0 aliphatic carbocycles. The van der Waals surface area contributed by atoms with Crippen molar-refractivity contribution >= 4 is 27.5 Å². The summed E-state index contributed by atoms with van der Waals surface area (Å²) < 4.78 is 0.879. The van der Waals surface area contributed by atoms with Gasteiger partial charge in [-0.15, -0.1) is 0 Å². The minimum atomic E-state index is -1.39. The Balaban J connectivity index is 2.62. The number of halogens is 1. The van der Waals surface area contributed by atoms with Crippen LogP contribution < -0.4 is 5.32 Å². The van der Waals surface area contributed by atoms with Gasteiger partial charge in [0.1, 0.15) is 0 Å². The number of nitrogens with one attached hydrogen (secondary N) is 1. The molecular formula is C9H8BrNO2. The maximum Gasteiger partial charge on any atom is 0.260 e. The Bertz CT molecular complexity index is 387. The summed E-state index contributed by atoms with van der Waals surface area (Å²) in [6.07, 6.45) is 0. The second-order valence-electron chi connectivity index (χ2n) is 3.22. The predicted molar refractivity (Wildman–Crippen MR) is 52.3 cm³/mol. The predicted octanol–water partition coefficient (Wildman–Crippen LogP) is 1.61. The van der Waals surface area contributed by atoms with Gasteiger partial charge in [0.25, 0.3) is 5.91 Å². The smallest absolute Gasteiger partial charge is 0.260 e. The fourth-order valence-corrected chi connectivity index (χ4v) is 1.77. The molecule has 0 spiro atoms. The molecule has 1 aromatic carbocycles. The van der Waals surface area contributed by atoms with Crippen LogP contribution in [-0.4, -0.2) is 11.0 Å². The minimum Gasteiger partial charge on any atom is -0.375 e. The van der Waals surface area contributed by atoms with E-state index < -0.39 is 5.60 Å². The lowest BCUT2D eigenvalue weighted by atomic mass is 9.98. The van der Waals surface area contributed by atoms with Crippen LogP contribution in [0.5, 0.6) is 0 Å². The zero-order valence-electron chi connectivity index (χ0n) is 6.97. The molecule has 2 N–H and O–H groups in total. The summed E-state index contributed by atoms with van der Waals surface area (Å²) in [6, 6.07) is 5.31. The van der Waals surface area contributed by atoms with Crippen molar-refractivity contribution in [1.29, 1.82) is 0 Å². The Hall–Kier alpha value is -0.870. The molecule has 68 valence electrons. The number of carbonyl (C=O) groups is 1. The van der Waals surface area contributed by atoms with Crippen molar-refractivity contribution in [1.82, 2.24) is 0 Å². The van der Waals surface area contributed by atoms with E-state index in [1.165, 1.54) is 6.92 Å². The first-order chi connectivity index (χ1) is 6.01. The molecule has 1 atom stereocenters. The number of benzene rings is 1. The molecule has 0 fully saturated rings. The third kappa shape index (κ3) is 1.17. The van der Waals surface area contributed by atoms with Gasteiger partial charge in [-0.05, 0) is 19.1 Å². The van der Waals surface area contributed by atoms with Crippen molar-refractivity contribution in [3.05, 3.63) is 28.2 Å². The fourth-order valence-electron chi connectivity index (χ4n) is 1.41. The summed E-state index contributed by atoms with van der Waals surface area (Å²) in [6.45, 7) is 1.49. The molecule has 1 amide bonds. The highest BCUT2D eigenvalue weighted by Gasteiger charge is 2.40. The van der Waals surface area contributed by atoms with Crippen molar-refractivity contribution < 1.29 is 9.90 Å². The molecule has 1 heterocycles. The number of anilines is 1. The second-order valence-corrected chi connectivity index (χ2v) is 4.13. The first-order valence-corrected chi connectivity index (χ1v) is 4.65. The van der Waals surface area contributed by atoms with Crippen LogP contribution in [0, 0.1) is 0 Å². The van der Waals surface area contributed by atoms with Gasteiger partial charge in [0.15, 0.2) is 5.60 Å². The lowest BCUT2D eigenvalue weighted by molar-refractivity contribution is -0.131. The van der Waals surface area contributed by atoms with Gasteiger partial charge in [0.05, 0.1) is 0 Å². The van der Waals surface area contributed by atoms with Crippen LogP contribution in [0.2, 0.25) is 0 Å². The third-order valence-electron chi connectivity index (χ3n) is 2.20. The van der Waals surface area contributed by atoms with E-state index in [1.807, 2.05) is 0 Å². The molecule has 1 aromatic rings. The van der Waals surface area contributed by atoms with Crippen molar-refractivity contribution in [3.63, 3.8) is 0 Å². The summed E-state index contributed by atoms with van der Waals surface area (Å²) in [7, 11) is 0. The lowest BCUT2D eigenvalue weighted by Crippen LogP contribution is -2.30. The summed E-state index contributed by atoms with van der Waals surface area (Å²) in [5.74, 6) is -0.374. The average Bonchev–Trinajstić information content (AvgIpc) is 2.23. The highest BCUT2D eigenvalue weighted by Crippen LogP contribution is 2.36. The van der Waals surface area contributed by atoms with E-state index in [4.69, 9.17) is 0 Å². The number of aliphatic hydroxyl groups is 1. The Labute approximate surface area is 83.9 Å². The van der Waals surface area contributed by atoms with E-state index in [0.29, 0.717) is 11.3 Å². The molecule has 1 aliphatic heterocycles. The SMILES string of the molecule is C[C@]1(O)C(=O)Nc2cc(Br)ccc21. The van der Waals surface area contributed by atoms with Gasteiger partial charge < -0.3 is 10.4 Å². The molecule has 0 bridgehead atoms. The normalized spacial score (nSPS) is 25.6. The molecule has 13 heavy (non-hydrogen) atoms. The van der Waals surface area contributed by atoms with Crippen molar-refractivity contribution in [2.45, 2.75) is 12.5 Å². The summed E-state index contributed by atoms with van der Waals surface area (Å²) in [5, 5.41) is 12.4. The van der Waals surface area contributed by atoms with Crippen LogP contribution in [0.4, 0.5) is 5.69 Å². The Kier molecular flexibility index (Phi) is 1.72. The topological polar surface area (TPSA) is 49.3 Å². The minimum absolute atomic E-state index is 0.374. The van der Waals surface area contributed by atoms with E-state index in [-0.39, 0.29) is 5.91 Å². The highest BCUT2D eigenvalue weighted by molar-refractivity contribution is 9.10. The molecule has 0 aromatic heterocycles. The van der Waals surface area contributed by atoms with Gasteiger partial charge in [-0.1, -0.05) is 22.0 Å². The molecule has 4 heteroatoms. The number of hydrogen-bond donors (Lipinski definition) is 2. The van der Waals surface area contributed by atoms with Gasteiger partial charge in [-0.2, -0.15) is 0 Å². The first kappa shape index (κ1) is 8.72. The maximum absolute atomic E-state index is 11.3. The first-order valence-electron chi connectivity index (χ1n) is 3.85. The molecule has 3 nitrogen and oxygen atoms in total. The van der Waals surface area contributed by atoms with E-state index in [0.717, 1.165) is 4.47 Å². The van der Waals surface area contributed by atoms with Crippen LogP contribution in [-0.2, 0) is 10.4 Å². The number of rotatable bonds is 0. The van der Waals surface area contributed by atoms with Crippen LogP contribution in [0.3, 0.4) is 0 Å². The zero-order chi connectivity index (χ0) is 9.64. The number of hydrogen-bond acceptors (Lipinski definition) is 2. The second kappa shape index (κ2) is 2.56. The van der Waals surface area contributed by atoms with Crippen molar-refractivity contribution in [2.75, 3.05) is 5.32 Å². The molecule has 2 rings (SSSR count). The number of amides is 1. The molecule has 0 saturated heterocycles. The third-order valence-corrected chi connectivity index (χ3v) is 2.69. The monoisotopic (exact) mass is 241 g/mol. The largest absolute Gasteiger partial charge is 0.375 e.